The number of halogens is 2. The van der Waals surface area contributed by atoms with Crippen molar-refractivity contribution in [2.45, 2.75) is 64.0 Å². The summed E-state index contributed by atoms with van der Waals surface area (Å²) >= 11 is 11.9. The summed E-state index contributed by atoms with van der Waals surface area (Å²) in [6.45, 7) is 6.95. The number of nitrogens with zero attached hydrogens (tertiary/aromatic N) is 1. The van der Waals surface area contributed by atoms with Gasteiger partial charge in [-0.2, -0.15) is 0 Å². The molecule has 1 N–H and O–H groups in total. The van der Waals surface area contributed by atoms with Crippen LogP contribution in [0.15, 0.2) is 18.2 Å². The van der Waals surface area contributed by atoms with Gasteiger partial charge >= 0.3 is 0 Å². The summed E-state index contributed by atoms with van der Waals surface area (Å²) < 4.78 is 5.78. The van der Waals surface area contributed by atoms with Crippen molar-refractivity contribution in [2.75, 3.05) is 19.7 Å². The Morgan fingerprint density at radius 2 is 1.72 bits per heavy atom. The van der Waals surface area contributed by atoms with E-state index in [4.69, 9.17) is 27.9 Å². The Labute approximate surface area is 161 Å². The van der Waals surface area contributed by atoms with Gasteiger partial charge in [0, 0.05) is 25.2 Å². The number of likely N-dealkylation sites (tertiary alicyclic amines) is 1. The fraction of sp³-hybridized carbons (Fsp3) is 0.700. The molecule has 1 aromatic carbocycles. The highest BCUT2D eigenvalue weighted by atomic mass is 35.5. The fourth-order valence-corrected chi connectivity index (χ4v) is 4.27. The van der Waals surface area contributed by atoms with Crippen molar-refractivity contribution >= 4 is 23.2 Å². The fourth-order valence-electron chi connectivity index (χ4n) is 3.98. The van der Waals surface area contributed by atoms with Crippen LogP contribution in [0.3, 0.4) is 0 Å². The maximum absolute atomic E-state index is 10.8. The third-order valence-corrected chi connectivity index (χ3v) is 6.69. The average Bonchev–Trinajstić information content (AvgIpc) is 2.57. The van der Waals surface area contributed by atoms with Crippen LogP contribution in [-0.2, 0) is 0 Å². The molecule has 25 heavy (non-hydrogen) atoms. The Hall–Kier alpha value is -0.480. The van der Waals surface area contributed by atoms with Crippen LogP contribution in [0, 0.1) is 5.41 Å². The molecular formula is C20H29Cl2NO2. The lowest BCUT2D eigenvalue weighted by Gasteiger charge is -2.45. The molecule has 2 aliphatic rings. The summed E-state index contributed by atoms with van der Waals surface area (Å²) in [5.41, 5.74) is -0.253. The number of hydrogen-bond donors (Lipinski definition) is 1. The Balaban J connectivity index is 1.48. The summed E-state index contributed by atoms with van der Waals surface area (Å²) in [6, 6.07) is 5.90. The molecule has 0 amide bonds. The molecule has 0 spiro atoms. The monoisotopic (exact) mass is 385 g/mol. The van der Waals surface area contributed by atoms with Crippen LogP contribution in [0.5, 0.6) is 5.75 Å². The van der Waals surface area contributed by atoms with Crippen molar-refractivity contribution in [3.05, 3.63) is 28.2 Å². The minimum atomic E-state index is -0.753. The molecule has 0 unspecified atom stereocenters. The summed E-state index contributed by atoms with van der Waals surface area (Å²) in [4.78, 5) is 2.57. The quantitative estimate of drug-likeness (QED) is 0.775. The number of ether oxygens (including phenoxy) is 1. The largest absolute Gasteiger partial charge is 0.491 e. The molecule has 1 saturated carbocycles. The molecule has 140 valence electrons. The van der Waals surface area contributed by atoms with Gasteiger partial charge < -0.3 is 14.7 Å². The van der Waals surface area contributed by atoms with E-state index in [2.05, 4.69) is 18.7 Å². The van der Waals surface area contributed by atoms with Crippen molar-refractivity contribution < 1.29 is 9.84 Å². The van der Waals surface area contributed by atoms with E-state index in [1.165, 1.54) is 25.7 Å². The van der Waals surface area contributed by atoms with E-state index in [-0.39, 0.29) is 0 Å². The van der Waals surface area contributed by atoms with Gasteiger partial charge in [0.2, 0.25) is 0 Å². The molecule has 1 aromatic rings. The van der Waals surface area contributed by atoms with Gasteiger partial charge in [-0.25, -0.2) is 0 Å². The lowest BCUT2D eigenvalue weighted by molar-refractivity contribution is -0.0641. The number of piperidine rings is 1. The molecule has 0 atom stereocenters. The van der Waals surface area contributed by atoms with E-state index in [9.17, 15) is 5.11 Å². The Morgan fingerprint density at radius 1 is 1.08 bits per heavy atom. The molecule has 3 rings (SSSR count). The molecule has 2 fully saturated rings. The third kappa shape index (κ3) is 5.03. The maximum atomic E-state index is 10.8. The van der Waals surface area contributed by atoms with E-state index in [0.717, 1.165) is 25.9 Å². The van der Waals surface area contributed by atoms with E-state index in [1.54, 1.807) is 18.2 Å². The summed E-state index contributed by atoms with van der Waals surface area (Å²) in [5, 5.41) is 11.8. The molecular weight excluding hydrogens is 357 g/mol. The zero-order chi connectivity index (χ0) is 18.1. The Morgan fingerprint density at radius 3 is 2.32 bits per heavy atom. The molecule has 1 aliphatic heterocycles. The van der Waals surface area contributed by atoms with Crippen LogP contribution in [0.4, 0.5) is 0 Å². The van der Waals surface area contributed by atoms with Crippen LogP contribution >= 0.6 is 23.2 Å². The highest BCUT2D eigenvalue weighted by Crippen LogP contribution is 2.38. The number of hydrogen-bond acceptors (Lipinski definition) is 3. The molecule has 0 bridgehead atoms. The van der Waals surface area contributed by atoms with Gasteiger partial charge in [-0.3, -0.25) is 0 Å². The summed E-state index contributed by atoms with van der Waals surface area (Å²) in [7, 11) is 0. The van der Waals surface area contributed by atoms with Gasteiger partial charge in [0.25, 0.3) is 0 Å². The van der Waals surface area contributed by atoms with Crippen molar-refractivity contribution in [1.29, 1.82) is 0 Å². The standard InChI is InChI=1S/C20H29Cl2NO2/c1-19(2)7-5-15(6-8-19)23-11-9-20(24,10-12-23)14-25-16-3-4-17(21)18(22)13-16/h3-4,13,15,24H,5-12,14H2,1-2H3. The molecule has 1 heterocycles. The van der Waals surface area contributed by atoms with Crippen LogP contribution in [0.2, 0.25) is 10.0 Å². The number of aliphatic hydroxyl groups is 1. The predicted molar refractivity (Wildman–Crippen MR) is 104 cm³/mol. The lowest BCUT2D eigenvalue weighted by atomic mass is 9.75. The normalized spacial score (nSPS) is 24.2. The van der Waals surface area contributed by atoms with Gasteiger partial charge in [-0.15, -0.1) is 0 Å². The van der Waals surface area contributed by atoms with Gasteiger partial charge in [0.1, 0.15) is 18.0 Å². The van der Waals surface area contributed by atoms with E-state index >= 15 is 0 Å². The van der Waals surface area contributed by atoms with Gasteiger partial charge in [0.15, 0.2) is 0 Å². The minimum Gasteiger partial charge on any atom is -0.491 e. The molecule has 1 aliphatic carbocycles. The molecule has 1 saturated heterocycles. The number of rotatable bonds is 4. The number of benzene rings is 1. The third-order valence-electron chi connectivity index (χ3n) is 5.95. The molecule has 3 nitrogen and oxygen atoms in total. The SMILES string of the molecule is CC1(C)CCC(N2CCC(O)(COc3ccc(Cl)c(Cl)c3)CC2)CC1. The summed E-state index contributed by atoms with van der Waals surface area (Å²) in [6.07, 6.45) is 6.69. The minimum absolute atomic E-state index is 0.302. The Kier molecular flexibility index (Phi) is 5.89. The second-order valence-corrected chi connectivity index (χ2v) is 9.33. The zero-order valence-electron chi connectivity index (χ0n) is 15.2. The Bertz CT molecular complexity index is 587. The van der Waals surface area contributed by atoms with E-state index < -0.39 is 5.60 Å². The first-order valence-corrected chi connectivity index (χ1v) is 10.1. The van der Waals surface area contributed by atoms with Crippen molar-refractivity contribution in [3.63, 3.8) is 0 Å². The molecule has 0 radical (unpaired) electrons. The first kappa shape index (κ1) is 19.3. The van der Waals surface area contributed by atoms with Crippen molar-refractivity contribution in [3.8, 4) is 5.75 Å². The highest BCUT2D eigenvalue weighted by molar-refractivity contribution is 6.42. The second kappa shape index (κ2) is 7.64. The maximum Gasteiger partial charge on any atom is 0.121 e. The predicted octanol–water partition coefficient (Wildman–Crippen LogP) is 5.17. The summed E-state index contributed by atoms with van der Waals surface area (Å²) in [5.74, 6) is 0.653. The van der Waals surface area contributed by atoms with E-state index in [1.807, 2.05) is 0 Å². The first-order valence-electron chi connectivity index (χ1n) is 9.31. The zero-order valence-corrected chi connectivity index (χ0v) is 16.7. The average molecular weight is 386 g/mol. The first-order chi connectivity index (χ1) is 11.8. The van der Waals surface area contributed by atoms with Crippen LogP contribution < -0.4 is 4.74 Å². The topological polar surface area (TPSA) is 32.7 Å². The van der Waals surface area contributed by atoms with Crippen molar-refractivity contribution in [1.82, 2.24) is 4.90 Å². The van der Waals surface area contributed by atoms with Crippen LogP contribution in [0.1, 0.15) is 52.4 Å². The molecule has 0 aromatic heterocycles. The highest BCUT2D eigenvalue weighted by Gasteiger charge is 2.37. The van der Waals surface area contributed by atoms with E-state index in [0.29, 0.717) is 33.9 Å². The lowest BCUT2D eigenvalue weighted by Crippen LogP contribution is -2.51. The van der Waals surface area contributed by atoms with Gasteiger partial charge in [-0.05, 0) is 56.1 Å². The van der Waals surface area contributed by atoms with Crippen LogP contribution in [-0.4, -0.2) is 41.3 Å². The smallest absolute Gasteiger partial charge is 0.121 e. The van der Waals surface area contributed by atoms with Gasteiger partial charge in [0.05, 0.1) is 10.0 Å². The molecule has 5 heteroatoms. The second-order valence-electron chi connectivity index (χ2n) is 8.52. The van der Waals surface area contributed by atoms with Crippen LogP contribution in [0.25, 0.3) is 0 Å². The van der Waals surface area contributed by atoms with Crippen molar-refractivity contribution in [2.24, 2.45) is 5.41 Å². The van der Waals surface area contributed by atoms with Gasteiger partial charge in [-0.1, -0.05) is 37.0 Å².